The van der Waals surface area contributed by atoms with Gasteiger partial charge in [0.25, 0.3) is 0 Å². The van der Waals surface area contributed by atoms with Crippen molar-refractivity contribution in [1.82, 2.24) is 10.6 Å². The van der Waals surface area contributed by atoms with Crippen LogP contribution in [0, 0.1) is 13.8 Å². The lowest BCUT2D eigenvalue weighted by molar-refractivity contribution is -0.143. The highest BCUT2D eigenvalue weighted by Gasteiger charge is 2.36. The molecule has 0 spiro atoms. The van der Waals surface area contributed by atoms with E-state index in [0.717, 1.165) is 5.56 Å². The van der Waals surface area contributed by atoms with E-state index in [1.165, 1.54) is 11.1 Å². The van der Waals surface area contributed by atoms with E-state index in [2.05, 4.69) is 23.8 Å². The number of rotatable bonds is 3. The molecule has 2 aliphatic heterocycles. The van der Waals surface area contributed by atoms with Gasteiger partial charge in [-0.25, -0.2) is 4.79 Å². The van der Waals surface area contributed by atoms with Crippen LogP contribution in [0.25, 0.3) is 0 Å². The predicted molar refractivity (Wildman–Crippen MR) is 77.4 cm³/mol. The van der Waals surface area contributed by atoms with Gasteiger partial charge < -0.3 is 9.57 Å². The second-order valence-electron chi connectivity index (χ2n) is 5.38. The van der Waals surface area contributed by atoms with Crippen LogP contribution in [0.4, 0.5) is 0 Å². The molecule has 0 saturated carbocycles. The molecule has 110 valence electrons. The lowest BCUT2D eigenvalue weighted by Crippen LogP contribution is -2.38. The zero-order valence-corrected chi connectivity index (χ0v) is 12.3. The molecule has 1 unspecified atom stereocenters. The molecular formula is C16H18N2O3. The van der Waals surface area contributed by atoms with Crippen LogP contribution in [0.1, 0.15) is 23.6 Å². The lowest BCUT2D eigenvalue weighted by atomic mass is 10.1. The summed E-state index contributed by atoms with van der Waals surface area (Å²) < 4.78 is 5.85. The van der Waals surface area contributed by atoms with Crippen LogP contribution in [0.5, 0.6) is 0 Å². The zero-order valence-electron chi connectivity index (χ0n) is 12.3. The Morgan fingerprint density at radius 1 is 1.38 bits per heavy atom. The summed E-state index contributed by atoms with van der Waals surface area (Å²) >= 11 is 0. The van der Waals surface area contributed by atoms with Crippen molar-refractivity contribution in [2.45, 2.75) is 33.4 Å². The number of ether oxygens (including phenoxy) is 1. The topological polar surface area (TPSA) is 50.8 Å². The Labute approximate surface area is 123 Å². The Balaban J connectivity index is 1.82. The van der Waals surface area contributed by atoms with Gasteiger partial charge in [-0.1, -0.05) is 35.4 Å². The van der Waals surface area contributed by atoms with E-state index in [4.69, 9.17) is 9.57 Å². The van der Waals surface area contributed by atoms with E-state index in [0.29, 0.717) is 18.1 Å². The Morgan fingerprint density at radius 3 is 3.00 bits per heavy atom. The molecule has 0 aromatic heterocycles. The highest BCUT2D eigenvalue weighted by atomic mass is 16.7. The first kappa shape index (κ1) is 13.7. The molecule has 1 fully saturated rings. The number of fused-ring (bicyclic) bond motifs is 1. The Bertz CT molecular complexity index is 649. The predicted octanol–water partition coefficient (Wildman–Crippen LogP) is 2.27. The summed E-state index contributed by atoms with van der Waals surface area (Å²) in [6.07, 6.45) is 3.78. The Hall–Kier alpha value is -2.27. The smallest absolute Gasteiger partial charge is 0.380 e. The SMILES string of the molecule is Cc1ccc(C)c(COC2=C3C(=O)ONN3C(C)C=C2)c1. The van der Waals surface area contributed by atoms with Gasteiger partial charge in [0.05, 0.1) is 6.04 Å². The van der Waals surface area contributed by atoms with Crippen LogP contribution in [0.3, 0.4) is 0 Å². The molecule has 0 aliphatic carbocycles. The van der Waals surface area contributed by atoms with Gasteiger partial charge in [0.15, 0.2) is 11.5 Å². The molecule has 1 N–H and O–H groups in total. The number of carbonyl (C=O) groups excluding carboxylic acids is 1. The first-order chi connectivity index (χ1) is 10.1. The number of allylic oxidation sites excluding steroid dienone is 1. The van der Waals surface area contributed by atoms with Gasteiger partial charge in [-0.15, -0.1) is 0 Å². The van der Waals surface area contributed by atoms with Gasteiger partial charge in [-0.2, -0.15) is 0 Å². The minimum absolute atomic E-state index is 0.0412. The van der Waals surface area contributed by atoms with Crippen LogP contribution in [0.2, 0.25) is 0 Å². The molecular weight excluding hydrogens is 268 g/mol. The average molecular weight is 286 g/mol. The van der Waals surface area contributed by atoms with Crippen LogP contribution in [-0.2, 0) is 21.0 Å². The first-order valence-electron chi connectivity index (χ1n) is 6.93. The van der Waals surface area contributed by atoms with Crippen LogP contribution in [0.15, 0.2) is 41.8 Å². The van der Waals surface area contributed by atoms with E-state index in [-0.39, 0.29) is 6.04 Å². The summed E-state index contributed by atoms with van der Waals surface area (Å²) in [5.41, 5.74) is 6.50. The van der Waals surface area contributed by atoms with Crippen molar-refractivity contribution < 1.29 is 14.4 Å². The van der Waals surface area contributed by atoms with Crippen molar-refractivity contribution in [2.24, 2.45) is 0 Å². The van der Waals surface area contributed by atoms with Gasteiger partial charge in [0, 0.05) is 0 Å². The summed E-state index contributed by atoms with van der Waals surface area (Å²) in [7, 11) is 0. The van der Waals surface area contributed by atoms with Crippen molar-refractivity contribution in [2.75, 3.05) is 0 Å². The molecule has 1 saturated heterocycles. The highest BCUT2D eigenvalue weighted by molar-refractivity contribution is 5.90. The fourth-order valence-corrected chi connectivity index (χ4v) is 2.41. The minimum atomic E-state index is -0.415. The Kier molecular flexibility index (Phi) is 3.43. The van der Waals surface area contributed by atoms with Crippen molar-refractivity contribution in [3.05, 3.63) is 58.5 Å². The lowest BCUT2D eigenvalue weighted by Gasteiger charge is -2.25. The zero-order chi connectivity index (χ0) is 15.0. The molecule has 5 heteroatoms. The number of benzene rings is 1. The number of nitrogens with zero attached hydrogens (tertiary/aromatic N) is 1. The van der Waals surface area contributed by atoms with Crippen LogP contribution < -0.4 is 5.59 Å². The molecule has 3 rings (SSSR count). The standard InChI is InChI=1S/C16H18N2O3/c1-10-4-5-11(2)13(8-10)9-20-14-7-6-12(3)18-15(14)16(19)21-17-18/h4-8,12,17H,9H2,1-3H3. The molecule has 1 atom stereocenters. The molecule has 0 amide bonds. The quantitative estimate of drug-likeness (QED) is 0.923. The summed E-state index contributed by atoms with van der Waals surface area (Å²) in [6.45, 7) is 6.48. The molecule has 5 nitrogen and oxygen atoms in total. The van der Waals surface area contributed by atoms with Gasteiger partial charge in [-0.05, 0) is 38.0 Å². The molecule has 1 aromatic carbocycles. The number of hydrogen-bond acceptors (Lipinski definition) is 5. The second-order valence-corrected chi connectivity index (χ2v) is 5.38. The molecule has 21 heavy (non-hydrogen) atoms. The number of aryl methyl sites for hydroxylation is 2. The molecule has 0 bridgehead atoms. The largest absolute Gasteiger partial charge is 0.486 e. The van der Waals surface area contributed by atoms with Crippen molar-refractivity contribution in [3.63, 3.8) is 0 Å². The van der Waals surface area contributed by atoms with Gasteiger partial charge >= 0.3 is 5.97 Å². The number of nitrogens with one attached hydrogen (secondary N) is 1. The second kappa shape index (κ2) is 5.26. The first-order valence-corrected chi connectivity index (χ1v) is 6.93. The van der Waals surface area contributed by atoms with E-state index >= 15 is 0 Å². The van der Waals surface area contributed by atoms with E-state index in [1.54, 1.807) is 5.01 Å². The third kappa shape index (κ3) is 2.52. The summed E-state index contributed by atoms with van der Waals surface area (Å²) in [6, 6.07) is 6.28. The molecule has 2 heterocycles. The third-order valence-electron chi connectivity index (χ3n) is 3.73. The fourth-order valence-electron chi connectivity index (χ4n) is 2.41. The normalized spacial score (nSPS) is 20.6. The van der Waals surface area contributed by atoms with Gasteiger partial charge in [0.1, 0.15) is 6.61 Å². The number of hydrogen-bond donors (Lipinski definition) is 1. The average Bonchev–Trinajstić information content (AvgIpc) is 2.85. The van der Waals surface area contributed by atoms with E-state index < -0.39 is 5.97 Å². The van der Waals surface area contributed by atoms with Crippen LogP contribution >= 0.6 is 0 Å². The highest BCUT2D eigenvalue weighted by Crippen LogP contribution is 2.26. The van der Waals surface area contributed by atoms with Gasteiger partial charge in [-0.3, -0.25) is 5.01 Å². The fraction of sp³-hybridized carbons (Fsp3) is 0.312. The number of hydrazine groups is 1. The summed E-state index contributed by atoms with van der Waals surface area (Å²) in [4.78, 5) is 16.7. The van der Waals surface area contributed by atoms with Crippen LogP contribution in [-0.4, -0.2) is 17.0 Å². The van der Waals surface area contributed by atoms with Gasteiger partial charge in [0.2, 0.25) is 0 Å². The van der Waals surface area contributed by atoms with E-state index in [9.17, 15) is 4.79 Å². The summed E-state index contributed by atoms with van der Waals surface area (Å²) in [5, 5.41) is 1.67. The maximum atomic E-state index is 11.8. The maximum absolute atomic E-state index is 11.8. The van der Waals surface area contributed by atoms with Crippen molar-refractivity contribution >= 4 is 5.97 Å². The monoisotopic (exact) mass is 286 g/mol. The third-order valence-corrected chi connectivity index (χ3v) is 3.73. The minimum Gasteiger partial charge on any atom is -0.486 e. The maximum Gasteiger partial charge on any atom is 0.380 e. The molecule has 0 radical (unpaired) electrons. The number of carbonyl (C=O) groups is 1. The van der Waals surface area contributed by atoms with Crippen molar-refractivity contribution in [3.8, 4) is 0 Å². The van der Waals surface area contributed by atoms with Crippen molar-refractivity contribution in [1.29, 1.82) is 0 Å². The molecule has 2 aliphatic rings. The Morgan fingerprint density at radius 2 is 2.19 bits per heavy atom. The summed E-state index contributed by atoms with van der Waals surface area (Å²) in [5.74, 6) is 0.117. The molecule has 1 aromatic rings. The van der Waals surface area contributed by atoms with E-state index in [1.807, 2.05) is 32.9 Å².